The molecule has 0 unspecified atom stereocenters. The van der Waals surface area contributed by atoms with Gasteiger partial charge in [0.2, 0.25) is 0 Å². The van der Waals surface area contributed by atoms with Gasteiger partial charge in [0.25, 0.3) is 0 Å². The van der Waals surface area contributed by atoms with E-state index in [9.17, 15) is 5.11 Å². The summed E-state index contributed by atoms with van der Waals surface area (Å²) in [5.74, 6) is 0.324. The predicted octanol–water partition coefficient (Wildman–Crippen LogP) is 2.57. The zero-order valence-electron chi connectivity index (χ0n) is 16.9. The number of nitrogens with two attached hydrogens (primary N) is 1. The molecular weight excluding hydrogens is 370 g/mol. The Bertz CT molecular complexity index is 980. The van der Waals surface area contributed by atoms with Crippen LogP contribution < -0.4 is 5.73 Å². The number of fused-ring (bicyclic) bond motifs is 1. The van der Waals surface area contributed by atoms with Gasteiger partial charge in [-0.15, -0.1) is 0 Å². The Labute approximate surface area is 169 Å². The first-order chi connectivity index (χ1) is 13.8. The molecule has 0 amide bonds. The maximum absolute atomic E-state index is 10.4. The fraction of sp³-hybridized carbons (Fsp3) is 0.476. The molecule has 0 saturated carbocycles. The first kappa shape index (κ1) is 19.8. The fourth-order valence-electron chi connectivity index (χ4n) is 3.51. The lowest BCUT2D eigenvalue weighted by atomic mass is 9.87. The van der Waals surface area contributed by atoms with Crippen molar-refractivity contribution in [2.75, 3.05) is 12.3 Å². The molecule has 0 bridgehead atoms. The Kier molecular flexibility index (Phi) is 5.24. The first-order valence-corrected chi connectivity index (χ1v) is 9.76. The van der Waals surface area contributed by atoms with Crippen molar-refractivity contribution in [3.05, 3.63) is 48.0 Å². The summed E-state index contributed by atoms with van der Waals surface area (Å²) in [5, 5.41) is 10.4. The molecule has 2 aromatic heterocycles. The van der Waals surface area contributed by atoms with Crippen LogP contribution in [0.1, 0.15) is 44.5 Å². The molecule has 4 rings (SSSR count). The molecule has 1 aliphatic heterocycles. The van der Waals surface area contributed by atoms with Gasteiger partial charge < -0.3 is 20.3 Å². The zero-order valence-corrected chi connectivity index (χ0v) is 16.9. The number of anilines is 1. The number of imidazole rings is 1. The van der Waals surface area contributed by atoms with E-state index in [1.807, 2.05) is 0 Å². The van der Waals surface area contributed by atoms with E-state index >= 15 is 0 Å². The second-order valence-electron chi connectivity index (χ2n) is 8.48. The minimum atomic E-state index is -0.625. The van der Waals surface area contributed by atoms with E-state index < -0.39 is 12.2 Å². The van der Waals surface area contributed by atoms with Crippen LogP contribution in [-0.4, -0.2) is 43.4 Å². The maximum atomic E-state index is 10.4. The van der Waals surface area contributed by atoms with E-state index in [4.69, 9.17) is 15.2 Å². The molecule has 1 aliphatic rings. The van der Waals surface area contributed by atoms with Crippen LogP contribution in [0.4, 0.5) is 5.82 Å². The van der Waals surface area contributed by atoms with Gasteiger partial charge >= 0.3 is 0 Å². The number of hydrogen-bond donors (Lipinski definition) is 2. The summed E-state index contributed by atoms with van der Waals surface area (Å²) in [6, 6.07) is 8.43. The topological polar surface area (TPSA) is 108 Å². The van der Waals surface area contributed by atoms with Gasteiger partial charge in [-0.3, -0.25) is 4.57 Å². The van der Waals surface area contributed by atoms with Crippen molar-refractivity contribution in [3.63, 3.8) is 0 Å². The van der Waals surface area contributed by atoms with Gasteiger partial charge in [-0.2, -0.15) is 0 Å². The third-order valence-corrected chi connectivity index (χ3v) is 5.27. The highest BCUT2D eigenvalue weighted by Gasteiger charge is 2.36. The van der Waals surface area contributed by atoms with Crippen molar-refractivity contribution < 1.29 is 14.6 Å². The van der Waals surface area contributed by atoms with E-state index in [-0.39, 0.29) is 11.6 Å². The molecule has 3 atom stereocenters. The third kappa shape index (κ3) is 4.10. The molecule has 8 nitrogen and oxygen atoms in total. The standard InChI is InChI=1S/C21H27N5O3/c1-21(2,3)14-6-4-13(5-7-14)9-28-10-16-15(27)8-17(29-16)26-12-25-18-19(22)23-11-24-20(18)26/h4-7,11-12,15-17,27H,8-10H2,1-3H3,(H2,22,23,24)/t15-,16+,17+/m0/s1. The van der Waals surface area contributed by atoms with Gasteiger partial charge in [0.05, 0.1) is 25.6 Å². The van der Waals surface area contributed by atoms with Crippen LogP contribution in [-0.2, 0) is 21.5 Å². The Morgan fingerprint density at radius 3 is 2.69 bits per heavy atom. The van der Waals surface area contributed by atoms with E-state index in [1.54, 1.807) is 10.9 Å². The average molecular weight is 397 g/mol. The SMILES string of the molecule is CC(C)(C)c1ccc(COC[C@H]2O[C@@H](n3cnc4c(N)ncnc43)C[C@@H]2O)cc1. The summed E-state index contributed by atoms with van der Waals surface area (Å²) >= 11 is 0. The number of rotatable bonds is 5. The van der Waals surface area contributed by atoms with E-state index in [1.165, 1.54) is 11.9 Å². The maximum Gasteiger partial charge on any atom is 0.167 e. The number of hydrogen-bond acceptors (Lipinski definition) is 7. The number of aliphatic hydroxyl groups excluding tert-OH is 1. The minimum Gasteiger partial charge on any atom is -0.390 e. The van der Waals surface area contributed by atoms with Gasteiger partial charge in [-0.25, -0.2) is 15.0 Å². The van der Waals surface area contributed by atoms with E-state index in [2.05, 4.69) is 60.0 Å². The molecule has 3 aromatic rings. The smallest absolute Gasteiger partial charge is 0.167 e. The zero-order chi connectivity index (χ0) is 20.6. The van der Waals surface area contributed by atoms with Gasteiger partial charge in [0, 0.05) is 6.42 Å². The van der Waals surface area contributed by atoms with Crippen LogP contribution in [0.5, 0.6) is 0 Å². The van der Waals surface area contributed by atoms with Gasteiger partial charge in [-0.05, 0) is 16.5 Å². The minimum absolute atomic E-state index is 0.128. The monoisotopic (exact) mass is 397 g/mol. The average Bonchev–Trinajstić information content (AvgIpc) is 3.26. The molecule has 1 aromatic carbocycles. The summed E-state index contributed by atoms with van der Waals surface area (Å²) in [7, 11) is 0. The fourth-order valence-corrected chi connectivity index (χ4v) is 3.51. The molecule has 1 fully saturated rings. The Hall–Kier alpha value is -2.55. The molecule has 0 spiro atoms. The predicted molar refractivity (Wildman–Crippen MR) is 109 cm³/mol. The van der Waals surface area contributed by atoms with Crippen LogP contribution in [0, 0.1) is 0 Å². The first-order valence-electron chi connectivity index (χ1n) is 9.76. The molecule has 29 heavy (non-hydrogen) atoms. The van der Waals surface area contributed by atoms with Crippen molar-refractivity contribution in [1.29, 1.82) is 0 Å². The molecule has 8 heteroatoms. The van der Waals surface area contributed by atoms with Crippen LogP contribution in [0.25, 0.3) is 11.2 Å². The molecule has 1 saturated heterocycles. The quantitative estimate of drug-likeness (QED) is 0.681. The summed E-state index contributed by atoms with van der Waals surface area (Å²) in [5.41, 5.74) is 9.47. The normalized spacial score (nSPS) is 22.4. The molecule has 3 heterocycles. The van der Waals surface area contributed by atoms with Gasteiger partial charge in [0.15, 0.2) is 11.5 Å². The van der Waals surface area contributed by atoms with Crippen LogP contribution in [0.15, 0.2) is 36.9 Å². The molecule has 154 valence electrons. The Balaban J connectivity index is 1.35. The molecular formula is C21H27N5O3. The number of nitrogens with zero attached hydrogens (tertiary/aromatic N) is 4. The lowest BCUT2D eigenvalue weighted by Crippen LogP contribution is -2.26. The van der Waals surface area contributed by atoms with Crippen molar-refractivity contribution in [1.82, 2.24) is 19.5 Å². The highest BCUT2D eigenvalue weighted by Crippen LogP contribution is 2.31. The lowest BCUT2D eigenvalue weighted by Gasteiger charge is -2.19. The van der Waals surface area contributed by atoms with Crippen molar-refractivity contribution in [2.24, 2.45) is 0 Å². The van der Waals surface area contributed by atoms with Crippen LogP contribution in [0.2, 0.25) is 0 Å². The number of nitrogen functional groups attached to an aromatic ring is 1. The second-order valence-corrected chi connectivity index (χ2v) is 8.48. The van der Waals surface area contributed by atoms with E-state index in [0.717, 1.165) is 5.56 Å². The summed E-state index contributed by atoms with van der Waals surface area (Å²) in [6.07, 6.45) is 2.04. The third-order valence-electron chi connectivity index (χ3n) is 5.27. The van der Waals surface area contributed by atoms with Crippen molar-refractivity contribution >= 4 is 17.0 Å². The van der Waals surface area contributed by atoms with Crippen LogP contribution in [0.3, 0.4) is 0 Å². The number of ether oxygens (including phenoxy) is 2. The Morgan fingerprint density at radius 1 is 1.21 bits per heavy atom. The van der Waals surface area contributed by atoms with E-state index in [0.29, 0.717) is 36.6 Å². The van der Waals surface area contributed by atoms with Gasteiger partial charge in [0.1, 0.15) is 24.2 Å². The largest absolute Gasteiger partial charge is 0.390 e. The van der Waals surface area contributed by atoms with Crippen LogP contribution >= 0.6 is 0 Å². The van der Waals surface area contributed by atoms with Crippen molar-refractivity contribution in [3.8, 4) is 0 Å². The second kappa shape index (κ2) is 7.70. The summed E-state index contributed by atoms with van der Waals surface area (Å²) in [4.78, 5) is 12.4. The van der Waals surface area contributed by atoms with Crippen molar-refractivity contribution in [2.45, 2.75) is 57.6 Å². The highest BCUT2D eigenvalue weighted by molar-refractivity contribution is 5.81. The number of aromatic nitrogens is 4. The molecule has 0 aliphatic carbocycles. The molecule has 3 N–H and O–H groups in total. The number of aliphatic hydroxyl groups is 1. The van der Waals surface area contributed by atoms with Gasteiger partial charge in [-0.1, -0.05) is 45.0 Å². The summed E-state index contributed by atoms with van der Waals surface area (Å²) in [6.45, 7) is 7.36. The highest BCUT2D eigenvalue weighted by atomic mass is 16.6. The molecule has 0 radical (unpaired) electrons. The lowest BCUT2D eigenvalue weighted by molar-refractivity contribution is -0.0646. The summed E-state index contributed by atoms with van der Waals surface area (Å²) < 4.78 is 13.6. The number of benzene rings is 1. The Morgan fingerprint density at radius 2 is 1.97 bits per heavy atom.